The average molecular weight is 323 g/mol. The Morgan fingerprint density at radius 2 is 1.86 bits per heavy atom. The van der Waals surface area contributed by atoms with E-state index >= 15 is 0 Å². The molecular formula is C18H30O3Si. The molecule has 0 radical (unpaired) electrons. The lowest BCUT2D eigenvalue weighted by Gasteiger charge is -2.28. The Hall–Kier alpha value is -1.03. The van der Waals surface area contributed by atoms with E-state index in [9.17, 15) is 9.90 Å². The molecule has 0 heterocycles. The Balaban J connectivity index is 2.09. The first-order chi connectivity index (χ1) is 10.3. The Morgan fingerprint density at radius 3 is 2.45 bits per heavy atom. The van der Waals surface area contributed by atoms with Gasteiger partial charge in [0.25, 0.3) is 0 Å². The molecule has 1 saturated carbocycles. The van der Waals surface area contributed by atoms with Crippen molar-refractivity contribution in [3.8, 4) is 0 Å². The lowest BCUT2D eigenvalue weighted by Crippen LogP contribution is -2.26. The minimum absolute atomic E-state index is 0.0466. The third-order valence-electron chi connectivity index (χ3n) is 4.55. The summed E-state index contributed by atoms with van der Waals surface area (Å²) in [4.78, 5) is 12.4. The molecule has 1 unspecified atom stereocenters. The highest BCUT2D eigenvalue weighted by atomic mass is 28.3. The van der Waals surface area contributed by atoms with Gasteiger partial charge in [-0.15, -0.1) is 0 Å². The highest BCUT2D eigenvalue weighted by molar-refractivity contribution is 6.81. The number of allylic oxidation sites excluding steroid dienone is 2. The zero-order valence-electron chi connectivity index (χ0n) is 14.4. The fraction of sp³-hybridized carbons (Fsp3) is 0.722. The van der Waals surface area contributed by atoms with E-state index in [1.807, 2.05) is 0 Å². The Bertz CT molecular complexity index is 479. The van der Waals surface area contributed by atoms with Gasteiger partial charge in [-0.25, -0.2) is 4.79 Å². The molecule has 0 spiro atoms. The number of aliphatic hydroxyl groups excluding tert-OH is 1. The fourth-order valence-corrected chi connectivity index (χ4v) is 4.87. The van der Waals surface area contributed by atoms with Crippen molar-refractivity contribution >= 4 is 14.0 Å². The fourth-order valence-electron chi connectivity index (χ4n) is 3.37. The second-order valence-electron chi connectivity index (χ2n) is 7.96. The first-order valence-electron chi connectivity index (χ1n) is 8.60. The molecule has 3 nitrogen and oxygen atoms in total. The molecule has 0 bridgehead atoms. The van der Waals surface area contributed by atoms with Gasteiger partial charge < -0.3 is 9.84 Å². The molecule has 2 rings (SSSR count). The molecule has 2 aliphatic rings. The Kier molecular flexibility index (Phi) is 5.53. The predicted octanol–water partition coefficient (Wildman–Crippen LogP) is 4.91. The van der Waals surface area contributed by atoms with Gasteiger partial charge in [0, 0.05) is 12.8 Å². The second kappa shape index (κ2) is 7.03. The summed E-state index contributed by atoms with van der Waals surface area (Å²) in [5, 5.41) is 10.2. The SMILES string of the molecule is CC1CC(O)=C(C(=O)OC2CCCCC2)C/C1=C/[Si](C)(C)C. The first-order valence-corrected chi connectivity index (χ1v) is 12.2. The highest BCUT2D eigenvalue weighted by Crippen LogP contribution is 2.35. The lowest BCUT2D eigenvalue weighted by molar-refractivity contribution is -0.146. The molecule has 1 fully saturated rings. The van der Waals surface area contributed by atoms with Crippen LogP contribution in [-0.2, 0) is 9.53 Å². The van der Waals surface area contributed by atoms with Crippen LogP contribution < -0.4 is 0 Å². The number of carbonyl (C=O) groups excluding carboxylic acids is 1. The van der Waals surface area contributed by atoms with E-state index in [0.29, 0.717) is 24.3 Å². The van der Waals surface area contributed by atoms with Crippen molar-refractivity contribution in [2.45, 2.75) is 77.6 Å². The van der Waals surface area contributed by atoms with Crippen LogP contribution in [0.5, 0.6) is 0 Å². The molecule has 0 aromatic carbocycles. The first kappa shape index (κ1) is 17.3. The Labute approximate surface area is 135 Å². The lowest BCUT2D eigenvalue weighted by atomic mass is 9.85. The quantitative estimate of drug-likeness (QED) is 0.593. The van der Waals surface area contributed by atoms with Gasteiger partial charge in [0.05, 0.1) is 13.6 Å². The number of rotatable bonds is 3. The van der Waals surface area contributed by atoms with Crippen LogP contribution >= 0.6 is 0 Å². The van der Waals surface area contributed by atoms with Crippen LogP contribution in [0.1, 0.15) is 51.9 Å². The van der Waals surface area contributed by atoms with E-state index in [1.165, 1.54) is 12.0 Å². The van der Waals surface area contributed by atoms with Crippen molar-refractivity contribution in [3.05, 3.63) is 22.6 Å². The summed E-state index contributed by atoms with van der Waals surface area (Å²) in [6.07, 6.45) is 6.62. The van der Waals surface area contributed by atoms with Crippen LogP contribution in [0.15, 0.2) is 22.6 Å². The number of hydrogen-bond acceptors (Lipinski definition) is 3. The van der Waals surface area contributed by atoms with Gasteiger partial charge in [-0.2, -0.15) is 0 Å². The van der Waals surface area contributed by atoms with Crippen molar-refractivity contribution in [1.82, 2.24) is 0 Å². The molecule has 0 aliphatic heterocycles. The maximum atomic E-state index is 12.4. The summed E-state index contributed by atoms with van der Waals surface area (Å²) < 4.78 is 5.64. The smallest absolute Gasteiger partial charge is 0.338 e. The van der Waals surface area contributed by atoms with E-state index in [-0.39, 0.29) is 17.8 Å². The van der Waals surface area contributed by atoms with Gasteiger partial charge in [0.15, 0.2) is 0 Å². The number of aliphatic hydroxyl groups is 1. The molecule has 0 saturated heterocycles. The Morgan fingerprint density at radius 1 is 1.23 bits per heavy atom. The van der Waals surface area contributed by atoms with Gasteiger partial charge in [-0.3, -0.25) is 0 Å². The van der Waals surface area contributed by atoms with Crippen molar-refractivity contribution < 1.29 is 14.6 Å². The van der Waals surface area contributed by atoms with Crippen LogP contribution in [0.3, 0.4) is 0 Å². The molecule has 22 heavy (non-hydrogen) atoms. The second-order valence-corrected chi connectivity index (χ2v) is 13.0. The summed E-state index contributed by atoms with van der Waals surface area (Å²) in [7, 11) is -1.33. The molecule has 0 aromatic heterocycles. The topological polar surface area (TPSA) is 46.5 Å². The summed E-state index contributed by atoms with van der Waals surface area (Å²) >= 11 is 0. The minimum Gasteiger partial charge on any atom is -0.512 e. The molecule has 4 heteroatoms. The van der Waals surface area contributed by atoms with Crippen molar-refractivity contribution in [3.63, 3.8) is 0 Å². The predicted molar refractivity (Wildman–Crippen MR) is 92.4 cm³/mol. The van der Waals surface area contributed by atoms with Gasteiger partial charge in [0.2, 0.25) is 0 Å². The molecular weight excluding hydrogens is 292 g/mol. The zero-order chi connectivity index (χ0) is 16.3. The van der Waals surface area contributed by atoms with E-state index in [0.717, 1.165) is 25.7 Å². The van der Waals surface area contributed by atoms with Gasteiger partial charge in [-0.05, 0) is 31.6 Å². The number of carbonyl (C=O) groups is 1. The molecule has 2 aliphatic carbocycles. The van der Waals surface area contributed by atoms with Gasteiger partial charge >= 0.3 is 5.97 Å². The zero-order valence-corrected chi connectivity index (χ0v) is 15.4. The van der Waals surface area contributed by atoms with Crippen LogP contribution in [0.4, 0.5) is 0 Å². The third kappa shape index (κ3) is 4.73. The van der Waals surface area contributed by atoms with Crippen molar-refractivity contribution in [2.24, 2.45) is 5.92 Å². The summed E-state index contributed by atoms with van der Waals surface area (Å²) in [6.45, 7) is 9.02. The number of hydrogen-bond donors (Lipinski definition) is 1. The van der Waals surface area contributed by atoms with Crippen LogP contribution in [0, 0.1) is 5.92 Å². The van der Waals surface area contributed by atoms with E-state index in [2.05, 4.69) is 32.3 Å². The maximum absolute atomic E-state index is 12.4. The van der Waals surface area contributed by atoms with Gasteiger partial charge in [-0.1, -0.05) is 44.3 Å². The van der Waals surface area contributed by atoms with Crippen LogP contribution in [0.2, 0.25) is 19.6 Å². The van der Waals surface area contributed by atoms with Gasteiger partial charge in [0.1, 0.15) is 11.9 Å². The van der Waals surface area contributed by atoms with E-state index in [4.69, 9.17) is 4.74 Å². The monoisotopic (exact) mass is 322 g/mol. The summed E-state index contributed by atoms with van der Waals surface area (Å²) in [6, 6.07) is 0. The average Bonchev–Trinajstić information content (AvgIpc) is 2.41. The molecule has 1 atom stereocenters. The summed E-state index contributed by atoms with van der Waals surface area (Å²) in [5.41, 5.74) is 4.17. The molecule has 124 valence electrons. The largest absolute Gasteiger partial charge is 0.512 e. The van der Waals surface area contributed by atoms with Crippen LogP contribution in [0.25, 0.3) is 0 Å². The van der Waals surface area contributed by atoms with Crippen molar-refractivity contribution in [1.29, 1.82) is 0 Å². The third-order valence-corrected chi connectivity index (χ3v) is 5.79. The molecule has 1 N–H and O–H groups in total. The summed E-state index contributed by atoms with van der Waals surface area (Å²) in [5.74, 6) is 0.261. The maximum Gasteiger partial charge on any atom is 0.338 e. The standard InChI is InChI=1S/C18H30O3Si/c1-13-10-17(19)16(11-14(13)12-22(2,3)4)18(20)21-15-8-6-5-7-9-15/h12-13,15,19H,5-11H2,1-4H3/b14-12-. The van der Waals surface area contributed by atoms with Crippen molar-refractivity contribution in [2.75, 3.05) is 0 Å². The number of ether oxygens (including phenoxy) is 1. The van der Waals surface area contributed by atoms with Crippen LogP contribution in [-0.4, -0.2) is 25.3 Å². The van der Waals surface area contributed by atoms with E-state index < -0.39 is 8.07 Å². The van der Waals surface area contributed by atoms with E-state index in [1.54, 1.807) is 0 Å². The highest BCUT2D eigenvalue weighted by Gasteiger charge is 2.30. The molecule has 0 amide bonds. The normalized spacial score (nSPS) is 26.4. The minimum atomic E-state index is -1.33. The molecule has 0 aromatic rings. The number of esters is 1.